The first-order valence-corrected chi connectivity index (χ1v) is 13.0. The molecule has 0 bridgehead atoms. The van der Waals surface area contributed by atoms with Crippen molar-refractivity contribution in [2.45, 2.75) is 68.3 Å². The van der Waals surface area contributed by atoms with E-state index in [1.807, 2.05) is 0 Å². The zero-order valence-corrected chi connectivity index (χ0v) is 22.3. The molecule has 2 saturated heterocycles. The van der Waals surface area contributed by atoms with Crippen LogP contribution in [-0.2, 0) is 14.2 Å². The highest BCUT2D eigenvalue weighted by molar-refractivity contribution is 5.88. The number of hydrogen-bond donors (Lipinski definition) is 10. The fraction of sp³-hybridized carbons (Fsp3) is 0.444. The summed E-state index contributed by atoms with van der Waals surface area (Å²) in [7, 11) is 0. The van der Waals surface area contributed by atoms with Gasteiger partial charge in [-0.1, -0.05) is 0 Å². The van der Waals surface area contributed by atoms with Crippen LogP contribution < -0.4 is 10.2 Å². The Morgan fingerprint density at radius 3 is 2.19 bits per heavy atom. The highest BCUT2D eigenvalue weighted by atomic mass is 16.8. The second-order valence-corrected chi connectivity index (χ2v) is 10.2. The van der Waals surface area contributed by atoms with Crippen molar-refractivity contribution in [2.75, 3.05) is 6.61 Å². The van der Waals surface area contributed by atoms with E-state index in [9.17, 15) is 55.9 Å². The Labute approximate surface area is 241 Å². The Morgan fingerprint density at radius 2 is 1.51 bits per heavy atom. The number of phenolic OH excluding ortho intramolecular Hbond substituents is 3. The van der Waals surface area contributed by atoms with Crippen LogP contribution in [0.3, 0.4) is 0 Å². The standard InChI is InChI=1S/C27H30O16/c1-8-17(32)20(35)23(38)26(39-8)43-25-21(36)18(33)15(7-28)42-27(25)40-10-5-13(31)16-14(6-10)41-24(22(37)19(16)34)9-2-3-11(29)12(30)4-9/h2-6,8,15,17-18,20-21,23,25-33,35-38H,7H2,1H3/t8-,15+,17-,18+,20+,21-,23+,25+,26-,27+/m0/s1. The monoisotopic (exact) mass is 610 g/mol. The van der Waals surface area contributed by atoms with Crippen LogP contribution in [0.25, 0.3) is 22.3 Å². The minimum Gasteiger partial charge on any atom is -0.507 e. The molecule has 0 unspecified atom stereocenters. The molecule has 2 fully saturated rings. The number of benzene rings is 2. The Bertz CT molecular complexity index is 1540. The van der Waals surface area contributed by atoms with Crippen LogP contribution in [0.15, 0.2) is 39.5 Å². The Hall–Kier alpha value is -3.71. The molecule has 0 radical (unpaired) electrons. The van der Waals surface area contributed by atoms with Gasteiger partial charge in [0.1, 0.15) is 59.1 Å². The normalized spacial score (nSPS) is 33.0. The quantitative estimate of drug-likeness (QED) is 0.140. The molecule has 10 N–H and O–H groups in total. The van der Waals surface area contributed by atoms with E-state index >= 15 is 0 Å². The zero-order chi connectivity index (χ0) is 31.3. The first-order chi connectivity index (χ1) is 20.3. The van der Waals surface area contributed by atoms with Gasteiger partial charge in [-0.2, -0.15) is 0 Å². The third kappa shape index (κ3) is 5.55. The third-order valence-electron chi connectivity index (χ3n) is 7.34. The van der Waals surface area contributed by atoms with E-state index in [2.05, 4.69) is 0 Å². The lowest BCUT2D eigenvalue weighted by atomic mass is 9.97. The maximum Gasteiger partial charge on any atom is 0.238 e. The van der Waals surface area contributed by atoms with Crippen molar-refractivity contribution in [3.05, 3.63) is 40.6 Å². The maximum atomic E-state index is 12.9. The summed E-state index contributed by atoms with van der Waals surface area (Å²) in [6.07, 6.45) is -15.8. The van der Waals surface area contributed by atoms with Crippen molar-refractivity contribution in [1.29, 1.82) is 0 Å². The minimum absolute atomic E-state index is 0.00263. The topological polar surface area (TPSA) is 269 Å². The van der Waals surface area contributed by atoms with E-state index in [1.165, 1.54) is 13.0 Å². The van der Waals surface area contributed by atoms with Crippen LogP contribution >= 0.6 is 0 Å². The summed E-state index contributed by atoms with van der Waals surface area (Å²) in [6, 6.07) is 5.43. The van der Waals surface area contributed by atoms with Gasteiger partial charge in [0.25, 0.3) is 0 Å². The van der Waals surface area contributed by atoms with Crippen molar-refractivity contribution in [2.24, 2.45) is 0 Å². The van der Waals surface area contributed by atoms with Gasteiger partial charge in [0.2, 0.25) is 17.5 Å². The molecule has 16 nitrogen and oxygen atoms in total. The average molecular weight is 611 g/mol. The lowest BCUT2D eigenvalue weighted by Crippen LogP contribution is -2.64. The second-order valence-electron chi connectivity index (χ2n) is 10.2. The lowest BCUT2D eigenvalue weighted by molar-refractivity contribution is -0.354. The van der Waals surface area contributed by atoms with E-state index in [1.54, 1.807) is 0 Å². The Balaban J connectivity index is 1.51. The molecule has 5 rings (SSSR count). The van der Waals surface area contributed by atoms with Crippen molar-refractivity contribution in [1.82, 2.24) is 0 Å². The fourth-order valence-electron chi connectivity index (χ4n) is 4.90. The summed E-state index contributed by atoms with van der Waals surface area (Å²) in [5, 5.41) is 102. The molecule has 3 aromatic rings. The summed E-state index contributed by atoms with van der Waals surface area (Å²) in [5.41, 5.74) is -1.36. The molecule has 0 aliphatic carbocycles. The summed E-state index contributed by atoms with van der Waals surface area (Å²) >= 11 is 0. The van der Waals surface area contributed by atoms with Gasteiger partial charge < -0.3 is 74.4 Å². The molecule has 10 atom stereocenters. The number of phenols is 3. The largest absolute Gasteiger partial charge is 0.507 e. The first kappa shape index (κ1) is 30.7. The van der Waals surface area contributed by atoms with Gasteiger partial charge in [-0.25, -0.2) is 0 Å². The highest BCUT2D eigenvalue weighted by Gasteiger charge is 2.51. The molecule has 0 saturated carbocycles. The van der Waals surface area contributed by atoms with E-state index in [4.69, 9.17) is 23.4 Å². The van der Waals surface area contributed by atoms with Crippen LogP contribution in [0.2, 0.25) is 0 Å². The van der Waals surface area contributed by atoms with E-state index < -0.39 is 108 Å². The number of aromatic hydroxyl groups is 4. The second kappa shape index (κ2) is 11.8. The van der Waals surface area contributed by atoms with E-state index in [-0.39, 0.29) is 16.9 Å². The van der Waals surface area contributed by atoms with Gasteiger partial charge in [0, 0.05) is 17.7 Å². The number of rotatable bonds is 6. The maximum absolute atomic E-state index is 12.9. The predicted molar refractivity (Wildman–Crippen MR) is 140 cm³/mol. The molecular formula is C27H30O16. The zero-order valence-electron chi connectivity index (χ0n) is 22.3. The number of ether oxygens (including phenoxy) is 4. The highest BCUT2D eigenvalue weighted by Crippen LogP contribution is 2.39. The SMILES string of the molecule is C[C@@H]1O[C@@H](O[C@H]2[C@H](Oc3cc(O)c4c(=O)c(O)c(-c5ccc(O)c(O)c5)oc4c3)O[C@H](CO)[C@@H](O)[C@@H]2O)[C@H](O)[C@H](O)[C@H]1O. The number of aliphatic hydroxyl groups is 6. The molecule has 2 aliphatic heterocycles. The summed E-state index contributed by atoms with van der Waals surface area (Å²) in [4.78, 5) is 12.9. The summed E-state index contributed by atoms with van der Waals surface area (Å²) in [6.45, 7) is 0.626. The van der Waals surface area contributed by atoms with Crippen molar-refractivity contribution < 1.29 is 74.4 Å². The fourth-order valence-corrected chi connectivity index (χ4v) is 4.90. The number of fused-ring (bicyclic) bond motifs is 1. The Kier molecular flexibility index (Phi) is 8.41. The van der Waals surface area contributed by atoms with Gasteiger partial charge in [-0.3, -0.25) is 4.79 Å². The predicted octanol–water partition coefficient (Wildman–Crippen LogP) is -1.69. The van der Waals surface area contributed by atoms with Crippen molar-refractivity contribution >= 4 is 11.0 Å². The molecule has 234 valence electrons. The summed E-state index contributed by atoms with van der Waals surface area (Å²) in [5.74, 6) is -3.32. The first-order valence-electron chi connectivity index (χ1n) is 13.0. The van der Waals surface area contributed by atoms with Crippen LogP contribution in [-0.4, -0.2) is 119 Å². The van der Waals surface area contributed by atoms with Crippen LogP contribution in [0, 0.1) is 0 Å². The molecule has 16 heteroatoms. The van der Waals surface area contributed by atoms with Gasteiger partial charge in [0.05, 0.1) is 12.7 Å². The van der Waals surface area contributed by atoms with Gasteiger partial charge in [-0.15, -0.1) is 0 Å². The van der Waals surface area contributed by atoms with Crippen LogP contribution in [0.4, 0.5) is 0 Å². The average Bonchev–Trinajstić information content (AvgIpc) is 2.97. The third-order valence-corrected chi connectivity index (χ3v) is 7.34. The molecular weight excluding hydrogens is 580 g/mol. The molecule has 43 heavy (non-hydrogen) atoms. The minimum atomic E-state index is -1.82. The van der Waals surface area contributed by atoms with E-state index in [0.717, 1.165) is 24.3 Å². The molecule has 3 heterocycles. The van der Waals surface area contributed by atoms with E-state index in [0.29, 0.717) is 0 Å². The Morgan fingerprint density at radius 1 is 0.791 bits per heavy atom. The molecule has 2 aromatic carbocycles. The molecule has 0 spiro atoms. The van der Waals surface area contributed by atoms with Gasteiger partial charge in [-0.05, 0) is 25.1 Å². The van der Waals surface area contributed by atoms with Crippen LogP contribution in [0.1, 0.15) is 6.92 Å². The smallest absolute Gasteiger partial charge is 0.238 e. The molecule has 2 aliphatic rings. The molecule has 0 amide bonds. The van der Waals surface area contributed by atoms with Crippen molar-refractivity contribution in [3.63, 3.8) is 0 Å². The van der Waals surface area contributed by atoms with Crippen LogP contribution in [0.5, 0.6) is 28.7 Å². The molecule has 1 aromatic heterocycles. The van der Waals surface area contributed by atoms with Gasteiger partial charge >= 0.3 is 0 Å². The van der Waals surface area contributed by atoms with Gasteiger partial charge in [0.15, 0.2) is 29.7 Å². The number of aliphatic hydroxyl groups excluding tert-OH is 6. The van der Waals surface area contributed by atoms with Crippen molar-refractivity contribution in [3.8, 4) is 40.1 Å². The number of hydrogen-bond acceptors (Lipinski definition) is 16. The summed E-state index contributed by atoms with van der Waals surface area (Å²) < 4.78 is 28.1. The lowest BCUT2D eigenvalue weighted by Gasteiger charge is -2.45.